The van der Waals surface area contributed by atoms with Gasteiger partial charge in [0.25, 0.3) is 15.9 Å². The second kappa shape index (κ2) is 11.1. The van der Waals surface area contributed by atoms with Gasteiger partial charge in [0.2, 0.25) is 0 Å². The average molecular weight is 496 g/mol. The van der Waals surface area contributed by atoms with E-state index >= 15 is 0 Å². The number of sulfonamides is 1. The zero-order valence-electron chi connectivity index (χ0n) is 20.4. The van der Waals surface area contributed by atoms with Gasteiger partial charge in [-0.2, -0.15) is 5.10 Å². The maximum Gasteiger partial charge on any atom is 0.264 e. The van der Waals surface area contributed by atoms with Gasteiger partial charge in [-0.3, -0.25) is 9.10 Å². The van der Waals surface area contributed by atoms with Crippen LogP contribution in [0, 0.1) is 20.8 Å². The molecule has 1 N–H and O–H groups in total. The molecule has 0 heterocycles. The third-order valence-electron chi connectivity index (χ3n) is 5.22. The predicted octanol–water partition coefficient (Wildman–Crippen LogP) is 3.97. The molecular formula is C26H29N3O5S. The Morgan fingerprint density at radius 1 is 0.943 bits per heavy atom. The smallest absolute Gasteiger partial charge is 0.264 e. The third kappa shape index (κ3) is 6.19. The number of nitrogens with zero attached hydrogens (tertiary/aromatic N) is 2. The molecule has 0 saturated carbocycles. The minimum atomic E-state index is -4.01. The van der Waals surface area contributed by atoms with E-state index in [9.17, 15) is 13.2 Å². The van der Waals surface area contributed by atoms with E-state index in [4.69, 9.17) is 9.47 Å². The van der Waals surface area contributed by atoms with Crippen LogP contribution >= 0.6 is 0 Å². The first kappa shape index (κ1) is 25.8. The van der Waals surface area contributed by atoms with Crippen LogP contribution in [0.15, 0.2) is 70.7 Å². The van der Waals surface area contributed by atoms with Crippen LogP contribution in [0.25, 0.3) is 0 Å². The van der Waals surface area contributed by atoms with E-state index in [-0.39, 0.29) is 4.90 Å². The second-order valence-corrected chi connectivity index (χ2v) is 9.91. The number of rotatable bonds is 9. The largest absolute Gasteiger partial charge is 0.493 e. The second-order valence-electron chi connectivity index (χ2n) is 8.05. The number of nitrogens with one attached hydrogen (secondary N) is 1. The lowest BCUT2D eigenvalue weighted by molar-refractivity contribution is -0.119. The average Bonchev–Trinajstić information content (AvgIpc) is 2.81. The summed E-state index contributed by atoms with van der Waals surface area (Å²) in [5.74, 6) is 0.387. The SMILES string of the molecule is COc1cccc(/C=N\NC(=O)CN(c2cc(C)cc(C)c2)S(=O)(=O)c2ccc(C)cc2)c1OC. The fourth-order valence-electron chi connectivity index (χ4n) is 3.60. The van der Waals surface area contributed by atoms with E-state index in [2.05, 4.69) is 10.5 Å². The van der Waals surface area contributed by atoms with Crippen molar-refractivity contribution in [2.75, 3.05) is 25.1 Å². The molecule has 0 unspecified atom stereocenters. The number of hydrogen-bond acceptors (Lipinski definition) is 6. The number of carbonyl (C=O) groups excluding carboxylic acids is 1. The fraction of sp³-hybridized carbons (Fsp3) is 0.231. The molecule has 0 aliphatic rings. The third-order valence-corrected chi connectivity index (χ3v) is 7.00. The number of para-hydroxylation sites is 1. The van der Waals surface area contributed by atoms with Crippen LogP contribution in [0.5, 0.6) is 11.5 Å². The molecule has 9 heteroatoms. The normalized spacial score (nSPS) is 11.3. The summed E-state index contributed by atoms with van der Waals surface area (Å²) in [5.41, 5.74) is 6.09. The van der Waals surface area contributed by atoms with Gasteiger partial charge in [-0.15, -0.1) is 0 Å². The van der Waals surface area contributed by atoms with Gasteiger partial charge in [-0.05, 0) is 68.3 Å². The number of hydrogen-bond donors (Lipinski definition) is 1. The Labute approximate surface area is 206 Å². The minimum absolute atomic E-state index is 0.0969. The Bertz CT molecular complexity index is 1320. The van der Waals surface area contributed by atoms with E-state index in [0.29, 0.717) is 22.7 Å². The van der Waals surface area contributed by atoms with Crippen molar-refractivity contribution < 1.29 is 22.7 Å². The molecule has 3 rings (SSSR count). The van der Waals surface area contributed by atoms with Crippen LogP contribution in [-0.2, 0) is 14.8 Å². The summed E-state index contributed by atoms with van der Waals surface area (Å²) in [4.78, 5) is 12.9. The van der Waals surface area contributed by atoms with Gasteiger partial charge in [0.05, 0.1) is 31.0 Å². The van der Waals surface area contributed by atoms with Gasteiger partial charge in [-0.25, -0.2) is 13.8 Å². The quantitative estimate of drug-likeness (QED) is 0.358. The highest BCUT2D eigenvalue weighted by atomic mass is 32.2. The zero-order chi connectivity index (χ0) is 25.6. The highest BCUT2D eigenvalue weighted by Crippen LogP contribution is 2.29. The van der Waals surface area contributed by atoms with Crippen molar-refractivity contribution in [1.29, 1.82) is 0 Å². The van der Waals surface area contributed by atoms with E-state index in [1.54, 1.807) is 42.5 Å². The summed E-state index contributed by atoms with van der Waals surface area (Å²) in [5, 5.41) is 3.99. The maximum atomic E-state index is 13.5. The lowest BCUT2D eigenvalue weighted by atomic mass is 10.1. The van der Waals surface area contributed by atoms with E-state index in [1.807, 2.05) is 26.8 Å². The zero-order valence-corrected chi connectivity index (χ0v) is 21.2. The maximum absolute atomic E-state index is 13.5. The van der Waals surface area contributed by atoms with Gasteiger partial charge in [0.15, 0.2) is 11.5 Å². The molecule has 3 aromatic carbocycles. The Balaban J connectivity index is 1.89. The van der Waals surface area contributed by atoms with E-state index in [1.165, 1.54) is 32.6 Å². The summed E-state index contributed by atoms with van der Waals surface area (Å²) in [6, 6.07) is 17.2. The van der Waals surface area contributed by atoms with E-state index in [0.717, 1.165) is 21.0 Å². The molecule has 0 saturated heterocycles. The number of hydrazone groups is 1. The van der Waals surface area contributed by atoms with Crippen molar-refractivity contribution in [3.8, 4) is 11.5 Å². The standard InChI is InChI=1S/C26H29N3O5S/c1-18-9-11-23(12-10-18)35(31,32)29(22-14-19(2)13-20(3)15-22)17-25(30)28-27-16-21-7-6-8-24(33-4)26(21)34-5/h6-16H,17H2,1-5H3,(H,28,30)/b27-16-. The molecule has 35 heavy (non-hydrogen) atoms. The number of anilines is 1. The first-order chi connectivity index (χ1) is 16.6. The van der Waals surface area contributed by atoms with Gasteiger partial charge < -0.3 is 9.47 Å². The molecule has 0 atom stereocenters. The van der Waals surface area contributed by atoms with Crippen LogP contribution in [0.3, 0.4) is 0 Å². The van der Waals surface area contributed by atoms with Gasteiger partial charge >= 0.3 is 0 Å². The fourth-order valence-corrected chi connectivity index (χ4v) is 5.01. The summed E-state index contributed by atoms with van der Waals surface area (Å²) in [6.45, 7) is 5.17. The van der Waals surface area contributed by atoms with Crippen molar-refractivity contribution in [3.63, 3.8) is 0 Å². The molecule has 0 fully saturated rings. The summed E-state index contributed by atoms with van der Waals surface area (Å²) < 4.78 is 38.8. The van der Waals surface area contributed by atoms with Crippen LogP contribution < -0.4 is 19.2 Å². The van der Waals surface area contributed by atoms with Gasteiger partial charge in [-0.1, -0.05) is 29.8 Å². The molecule has 8 nitrogen and oxygen atoms in total. The summed E-state index contributed by atoms with van der Waals surface area (Å²) >= 11 is 0. The Kier molecular flexibility index (Phi) is 8.14. The number of methoxy groups -OCH3 is 2. The highest BCUT2D eigenvalue weighted by Gasteiger charge is 2.27. The Morgan fingerprint density at radius 3 is 2.20 bits per heavy atom. The molecule has 3 aromatic rings. The molecule has 0 aliphatic carbocycles. The van der Waals surface area contributed by atoms with Crippen LogP contribution in [0.2, 0.25) is 0 Å². The molecule has 0 bridgehead atoms. The number of ether oxygens (including phenoxy) is 2. The van der Waals surface area contributed by atoms with Crippen LogP contribution in [-0.4, -0.2) is 41.3 Å². The lowest BCUT2D eigenvalue weighted by Gasteiger charge is -2.24. The van der Waals surface area contributed by atoms with Crippen LogP contribution in [0.4, 0.5) is 5.69 Å². The first-order valence-electron chi connectivity index (χ1n) is 10.9. The van der Waals surface area contributed by atoms with Crippen molar-refractivity contribution in [3.05, 3.63) is 82.9 Å². The molecular weight excluding hydrogens is 466 g/mol. The van der Waals surface area contributed by atoms with Crippen molar-refractivity contribution in [2.45, 2.75) is 25.7 Å². The molecule has 1 amide bonds. The molecule has 0 aliphatic heterocycles. The van der Waals surface area contributed by atoms with E-state index < -0.39 is 22.5 Å². The van der Waals surface area contributed by atoms with Crippen molar-refractivity contribution in [2.24, 2.45) is 5.10 Å². The Morgan fingerprint density at radius 2 is 1.60 bits per heavy atom. The van der Waals surface area contributed by atoms with Crippen LogP contribution in [0.1, 0.15) is 22.3 Å². The minimum Gasteiger partial charge on any atom is -0.493 e. The number of aryl methyl sites for hydroxylation is 3. The molecule has 0 aromatic heterocycles. The summed E-state index contributed by atoms with van der Waals surface area (Å²) in [6.07, 6.45) is 1.41. The van der Waals surface area contributed by atoms with Gasteiger partial charge in [0.1, 0.15) is 6.54 Å². The molecule has 0 spiro atoms. The number of carbonyl (C=O) groups is 1. The topological polar surface area (TPSA) is 97.3 Å². The monoisotopic (exact) mass is 495 g/mol. The first-order valence-corrected chi connectivity index (χ1v) is 12.3. The van der Waals surface area contributed by atoms with Crippen molar-refractivity contribution in [1.82, 2.24) is 5.43 Å². The number of amides is 1. The predicted molar refractivity (Wildman–Crippen MR) is 137 cm³/mol. The number of benzene rings is 3. The lowest BCUT2D eigenvalue weighted by Crippen LogP contribution is -2.39. The highest BCUT2D eigenvalue weighted by molar-refractivity contribution is 7.92. The molecule has 0 radical (unpaired) electrons. The van der Waals surface area contributed by atoms with Gasteiger partial charge in [0, 0.05) is 5.56 Å². The Hall–Kier alpha value is -3.85. The summed E-state index contributed by atoms with van der Waals surface area (Å²) in [7, 11) is -0.982. The molecule has 184 valence electrons. The van der Waals surface area contributed by atoms with Crippen molar-refractivity contribution >= 4 is 27.8 Å².